The molecule has 0 saturated carbocycles. The van der Waals surface area contributed by atoms with Crippen LogP contribution in [0.4, 0.5) is 0 Å². The third-order valence-corrected chi connectivity index (χ3v) is 4.95. The Labute approximate surface area is 125 Å². The second-order valence-corrected chi connectivity index (χ2v) is 7.93. The van der Waals surface area contributed by atoms with Gasteiger partial charge in [-0.05, 0) is 39.9 Å². The second kappa shape index (κ2) is 6.05. The summed E-state index contributed by atoms with van der Waals surface area (Å²) in [5.74, 6) is -1.14. The lowest BCUT2D eigenvalue weighted by molar-refractivity contribution is -0.138. The van der Waals surface area contributed by atoms with Crippen LogP contribution in [0.1, 0.15) is 42.4 Å². The highest BCUT2D eigenvalue weighted by Crippen LogP contribution is 2.28. The van der Waals surface area contributed by atoms with E-state index in [1.165, 1.54) is 11.3 Å². The number of halogens is 1. The topological polar surface area (TPSA) is 66.4 Å². The first-order chi connectivity index (χ1) is 8.61. The Balaban J connectivity index is 2.84. The molecular weight excluding hydrogens is 330 g/mol. The smallest absolute Gasteiger partial charge is 0.305 e. The van der Waals surface area contributed by atoms with Gasteiger partial charge in [0, 0.05) is 6.04 Å². The highest BCUT2D eigenvalue weighted by atomic mass is 79.9. The van der Waals surface area contributed by atoms with Gasteiger partial charge < -0.3 is 10.4 Å². The average Bonchev–Trinajstić information content (AvgIpc) is 2.56. The summed E-state index contributed by atoms with van der Waals surface area (Å²) in [6, 6.07) is 1.39. The van der Waals surface area contributed by atoms with E-state index in [0.717, 1.165) is 9.35 Å². The largest absolute Gasteiger partial charge is 0.481 e. The molecule has 0 aliphatic rings. The Kier molecular flexibility index (Phi) is 5.15. The van der Waals surface area contributed by atoms with Crippen LogP contribution in [0.3, 0.4) is 0 Å². The van der Waals surface area contributed by atoms with Crippen LogP contribution in [0.2, 0.25) is 0 Å². The molecule has 1 amide bonds. The number of rotatable bonds is 4. The fourth-order valence-corrected chi connectivity index (χ4v) is 2.99. The Morgan fingerprint density at radius 3 is 2.42 bits per heavy atom. The van der Waals surface area contributed by atoms with Crippen LogP contribution in [0.15, 0.2) is 9.85 Å². The van der Waals surface area contributed by atoms with E-state index in [2.05, 4.69) is 21.2 Å². The molecular formula is C13H18BrNO3S. The zero-order valence-electron chi connectivity index (χ0n) is 11.4. The van der Waals surface area contributed by atoms with Gasteiger partial charge in [0.15, 0.2) is 0 Å². The van der Waals surface area contributed by atoms with E-state index in [-0.39, 0.29) is 17.7 Å². The molecule has 0 aliphatic heterocycles. The predicted octanol–water partition coefficient (Wildman–Crippen LogP) is 3.44. The molecule has 2 N–H and O–H groups in total. The van der Waals surface area contributed by atoms with E-state index >= 15 is 0 Å². The zero-order valence-corrected chi connectivity index (χ0v) is 13.8. The molecule has 1 heterocycles. The van der Waals surface area contributed by atoms with Crippen LogP contribution >= 0.6 is 27.3 Å². The molecule has 0 aromatic carbocycles. The molecule has 0 radical (unpaired) electrons. The van der Waals surface area contributed by atoms with Crippen LogP contribution in [0.5, 0.6) is 0 Å². The molecule has 19 heavy (non-hydrogen) atoms. The molecule has 1 aromatic rings. The number of hydrogen-bond acceptors (Lipinski definition) is 3. The van der Waals surface area contributed by atoms with Crippen molar-refractivity contribution in [1.29, 1.82) is 0 Å². The summed E-state index contributed by atoms with van der Waals surface area (Å²) in [7, 11) is 0. The van der Waals surface area contributed by atoms with Crippen LogP contribution < -0.4 is 5.32 Å². The minimum absolute atomic E-state index is 0.0826. The first-order valence-electron chi connectivity index (χ1n) is 5.90. The minimum atomic E-state index is -0.913. The summed E-state index contributed by atoms with van der Waals surface area (Å²) in [6.45, 7) is 7.65. The van der Waals surface area contributed by atoms with Gasteiger partial charge in [-0.2, -0.15) is 0 Å². The molecule has 1 aromatic heterocycles. The second-order valence-electron chi connectivity index (χ2n) is 5.56. The van der Waals surface area contributed by atoms with Crippen molar-refractivity contribution in [2.75, 3.05) is 0 Å². The fraction of sp³-hybridized carbons (Fsp3) is 0.538. The number of hydrogen-bond donors (Lipinski definition) is 2. The predicted molar refractivity (Wildman–Crippen MR) is 79.7 cm³/mol. The third kappa shape index (κ3) is 4.62. The van der Waals surface area contributed by atoms with E-state index in [1.807, 2.05) is 27.7 Å². The molecule has 0 saturated heterocycles. The van der Waals surface area contributed by atoms with Crippen molar-refractivity contribution in [3.05, 3.63) is 20.3 Å². The van der Waals surface area contributed by atoms with Gasteiger partial charge in [0.05, 0.1) is 15.1 Å². The van der Waals surface area contributed by atoms with Crippen molar-refractivity contribution in [1.82, 2.24) is 5.32 Å². The average molecular weight is 348 g/mol. The highest BCUT2D eigenvalue weighted by molar-refractivity contribution is 9.11. The van der Waals surface area contributed by atoms with Gasteiger partial charge in [0.1, 0.15) is 0 Å². The molecule has 0 spiro atoms. The normalized spacial score (nSPS) is 13.1. The van der Waals surface area contributed by atoms with Gasteiger partial charge in [-0.1, -0.05) is 20.8 Å². The van der Waals surface area contributed by atoms with E-state index in [4.69, 9.17) is 5.11 Å². The first-order valence-corrected chi connectivity index (χ1v) is 7.51. The lowest BCUT2D eigenvalue weighted by Gasteiger charge is -2.30. The quantitative estimate of drug-likeness (QED) is 0.876. The van der Waals surface area contributed by atoms with Crippen molar-refractivity contribution < 1.29 is 14.7 Å². The van der Waals surface area contributed by atoms with E-state index in [1.54, 1.807) is 6.07 Å². The molecule has 106 valence electrons. The van der Waals surface area contributed by atoms with E-state index < -0.39 is 12.0 Å². The van der Waals surface area contributed by atoms with Gasteiger partial charge in [-0.25, -0.2) is 0 Å². The third-order valence-electron chi connectivity index (χ3n) is 2.81. The van der Waals surface area contributed by atoms with Crippen molar-refractivity contribution in [3.8, 4) is 0 Å². The van der Waals surface area contributed by atoms with Crippen molar-refractivity contribution in [2.45, 2.75) is 40.2 Å². The zero-order chi connectivity index (χ0) is 14.8. The maximum atomic E-state index is 12.1. The van der Waals surface area contributed by atoms with Crippen molar-refractivity contribution in [2.24, 2.45) is 5.41 Å². The monoisotopic (exact) mass is 347 g/mol. The number of carboxylic acids is 1. The maximum Gasteiger partial charge on any atom is 0.305 e. The molecule has 1 rings (SSSR count). The van der Waals surface area contributed by atoms with E-state index in [9.17, 15) is 9.59 Å². The lowest BCUT2D eigenvalue weighted by Crippen LogP contribution is -2.44. The van der Waals surface area contributed by atoms with E-state index in [0.29, 0.717) is 4.88 Å². The molecule has 0 aliphatic carbocycles. The van der Waals surface area contributed by atoms with Gasteiger partial charge in [-0.15, -0.1) is 11.3 Å². The number of carbonyl (C=O) groups excluding carboxylic acids is 1. The number of thiophene rings is 1. The van der Waals surface area contributed by atoms with Crippen molar-refractivity contribution >= 4 is 39.1 Å². The van der Waals surface area contributed by atoms with Crippen LogP contribution in [-0.4, -0.2) is 23.0 Å². The molecule has 0 fully saturated rings. The standard InChI is InChI=1S/C13H18BrNO3S/c1-7-5-8(19-11(7)14)12(18)15-9(6-10(16)17)13(2,3)4/h5,9H,6H2,1-4H3,(H,15,18)(H,16,17). The molecule has 0 bridgehead atoms. The van der Waals surface area contributed by atoms with Gasteiger partial charge in [-0.3, -0.25) is 9.59 Å². The molecule has 6 heteroatoms. The SMILES string of the molecule is Cc1cc(C(=O)NC(CC(=O)O)C(C)(C)C)sc1Br. The number of aryl methyl sites for hydroxylation is 1. The fourth-order valence-electron chi connectivity index (χ4n) is 1.55. The Morgan fingerprint density at radius 1 is 1.47 bits per heavy atom. The summed E-state index contributed by atoms with van der Waals surface area (Å²) in [4.78, 5) is 23.6. The Bertz CT molecular complexity index is 471. The lowest BCUT2D eigenvalue weighted by atomic mass is 9.84. The summed E-state index contributed by atoms with van der Waals surface area (Å²) < 4.78 is 0.920. The van der Waals surface area contributed by atoms with Crippen LogP contribution in [0, 0.1) is 12.3 Å². The van der Waals surface area contributed by atoms with Crippen LogP contribution in [-0.2, 0) is 4.79 Å². The minimum Gasteiger partial charge on any atom is -0.481 e. The Hall–Kier alpha value is -0.880. The van der Waals surface area contributed by atoms with Gasteiger partial charge >= 0.3 is 5.97 Å². The van der Waals surface area contributed by atoms with Crippen LogP contribution in [0.25, 0.3) is 0 Å². The Morgan fingerprint density at radius 2 is 2.05 bits per heavy atom. The molecule has 1 atom stereocenters. The number of carboxylic acid groups (broad SMARTS) is 1. The first kappa shape index (κ1) is 16.2. The van der Waals surface area contributed by atoms with Crippen molar-refractivity contribution in [3.63, 3.8) is 0 Å². The molecule has 1 unspecified atom stereocenters. The summed E-state index contributed by atoms with van der Waals surface area (Å²) in [5.41, 5.74) is 0.693. The number of carbonyl (C=O) groups is 2. The summed E-state index contributed by atoms with van der Waals surface area (Å²) >= 11 is 4.73. The van der Waals surface area contributed by atoms with Gasteiger partial charge in [0.2, 0.25) is 0 Å². The number of aliphatic carboxylic acids is 1. The maximum absolute atomic E-state index is 12.1. The number of nitrogens with one attached hydrogen (secondary N) is 1. The van der Waals surface area contributed by atoms with Gasteiger partial charge in [0.25, 0.3) is 5.91 Å². The summed E-state index contributed by atoms with van der Waals surface area (Å²) in [6.07, 6.45) is -0.0826. The number of amides is 1. The summed E-state index contributed by atoms with van der Waals surface area (Å²) in [5, 5.41) is 11.7. The highest BCUT2D eigenvalue weighted by Gasteiger charge is 2.29. The molecule has 4 nitrogen and oxygen atoms in total.